The van der Waals surface area contributed by atoms with Crippen molar-refractivity contribution < 1.29 is 0 Å². The molecule has 1 saturated carbocycles. The molecule has 2 aromatic heterocycles. The first kappa shape index (κ1) is 9.78. The van der Waals surface area contributed by atoms with Gasteiger partial charge in [0.25, 0.3) is 0 Å². The largest absolute Gasteiger partial charge is 0.307 e. The monoisotopic (exact) mass is 226 g/mol. The summed E-state index contributed by atoms with van der Waals surface area (Å²) in [4.78, 5) is 8.04. The number of nitrogens with zero attached hydrogens (tertiary/aromatic N) is 4. The molecule has 0 aromatic carbocycles. The first-order valence-electron chi connectivity index (χ1n) is 5.40. The molecule has 2 heterocycles. The van der Waals surface area contributed by atoms with Gasteiger partial charge in [0.15, 0.2) is 5.82 Å². The molecule has 6 heteroatoms. The fourth-order valence-corrected chi connectivity index (χ4v) is 1.60. The van der Waals surface area contributed by atoms with Crippen LogP contribution in [0.3, 0.4) is 0 Å². The smallest absolute Gasteiger partial charge is 0.229 e. The summed E-state index contributed by atoms with van der Waals surface area (Å²) in [6, 6.07) is 5.49. The average molecular weight is 226 g/mol. The van der Waals surface area contributed by atoms with Crippen LogP contribution in [0.1, 0.15) is 30.1 Å². The summed E-state index contributed by atoms with van der Waals surface area (Å²) < 4.78 is 0. The maximum absolute atomic E-state index is 8.72. The zero-order valence-corrected chi connectivity index (χ0v) is 9.01. The normalized spacial score (nSPS) is 14.3. The number of nitriles is 1. The lowest BCUT2D eigenvalue weighted by molar-refractivity contribution is 0.965. The summed E-state index contributed by atoms with van der Waals surface area (Å²) in [5, 5.41) is 18.8. The van der Waals surface area contributed by atoms with E-state index < -0.39 is 0 Å². The topological polar surface area (TPSA) is 90.3 Å². The highest BCUT2D eigenvalue weighted by atomic mass is 15.2. The SMILES string of the molecule is N#Cc1ccnc(Nc2cc(C3CC3)[nH]n2)n1. The van der Waals surface area contributed by atoms with Crippen LogP contribution in [0, 0.1) is 11.3 Å². The fourth-order valence-electron chi connectivity index (χ4n) is 1.60. The third-order valence-corrected chi connectivity index (χ3v) is 2.62. The van der Waals surface area contributed by atoms with Crippen molar-refractivity contribution >= 4 is 11.8 Å². The van der Waals surface area contributed by atoms with Gasteiger partial charge >= 0.3 is 0 Å². The zero-order chi connectivity index (χ0) is 11.7. The van der Waals surface area contributed by atoms with Gasteiger partial charge in [-0.3, -0.25) is 5.10 Å². The molecule has 0 bridgehead atoms. The Balaban J connectivity index is 1.78. The number of rotatable bonds is 3. The van der Waals surface area contributed by atoms with Crippen LogP contribution in [0.15, 0.2) is 18.3 Å². The van der Waals surface area contributed by atoms with Gasteiger partial charge in [0.05, 0.1) is 0 Å². The van der Waals surface area contributed by atoms with Gasteiger partial charge in [-0.1, -0.05) is 0 Å². The number of aromatic nitrogens is 4. The summed E-state index contributed by atoms with van der Waals surface area (Å²) in [5.41, 5.74) is 1.48. The van der Waals surface area contributed by atoms with E-state index in [1.54, 1.807) is 12.3 Å². The van der Waals surface area contributed by atoms with Crippen LogP contribution in [-0.2, 0) is 0 Å². The first-order chi connectivity index (χ1) is 8.35. The molecule has 1 aliphatic carbocycles. The van der Waals surface area contributed by atoms with Crippen molar-refractivity contribution in [2.24, 2.45) is 0 Å². The standard InChI is InChI=1S/C11H10N6/c12-6-8-3-4-13-11(14-8)15-10-5-9(16-17-10)7-1-2-7/h3-5,7H,1-2H2,(H2,13,14,15,16,17). The van der Waals surface area contributed by atoms with Gasteiger partial charge in [-0.05, 0) is 18.9 Å². The van der Waals surface area contributed by atoms with Crippen LogP contribution in [0.5, 0.6) is 0 Å². The number of anilines is 2. The summed E-state index contributed by atoms with van der Waals surface area (Å²) in [5.74, 6) is 1.70. The Hall–Kier alpha value is -2.42. The molecule has 0 spiro atoms. The molecule has 0 amide bonds. The van der Waals surface area contributed by atoms with Gasteiger partial charge < -0.3 is 5.32 Å². The molecule has 1 aliphatic rings. The molecule has 2 N–H and O–H groups in total. The Morgan fingerprint density at radius 3 is 3.12 bits per heavy atom. The minimum Gasteiger partial charge on any atom is -0.307 e. The maximum Gasteiger partial charge on any atom is 0.229 e. The molecule has 2 aromatic rings. The van der Waals surface area contributed by atoms with Crippen molar-refractivity contribution in [2.45, 2.75) is 18.8 Å². The van der Waals surface area contributed by atoms with Crippen molar-refractivity contribution in [2.75, 3.05) is 5.32 Å². The molecule has 17 heavy (non-hydrogen) atoms. The van der Waals surface area contributed by atoms with E-state index in [2.05, 4.69) is 25.5 Å². The van der Waals surface area contributed by atoms with Crippen LogP contribution < -0.4 is 5.32 Å². The van der Waals surface area contributed by atoms with Crippen molar-refractivity contribution in [3.8, 4) is 6.07 Å². The molecular formula is C11H10N6. The molecule has 0 aliphatic heterocycles. The highest BCUT2D eigenvalue weighted by Gasteiger charge is 2.25. The Morgan fingerprint density at radius 1 is 1.47 bits per heavy atom. The van der Waals surface area contributed by atoms with Gasteiger partial charge in [0.1, 0.15) is 11.8 Å². The van der Waals surface area contributed by atoms with E-state index in [4.69, 9.17) is 5.26 Å². The second-order valence-electron chi connectivity index (χ2n) is 3.99. The molecule has 6 nitrogen and oxygen atoms in total. The number of aromatic amines is 1. The molecule has 0 unspecified atom stereocenters. The van der Waals surface area contributed by atoms with E-state index in [-0.39, 0.29) is 0 Å². The molecule has 3 rings (SSSR count). The minimum atomic E-state index is 0.334. The number of hydrogen-bond acceptors (Lipinski definition) is 5. The average Bonchev–Trinajstić information content (AvgIpc) is 3.11. The number of H-pyrrole nitrogens is 1. The third kappa shape index (κ3) is 2.08. The fraction of sp³-hybridized carbons (Fsp3) is 0.273. The number of nitrogens with one attached hydrogen (secondary N) is 2. The van der Waals surface area contributed by atoms with E-state index in [1.165, 1.54) is 12.8 Å². The Bertz CT molecular complexity index is 578. The minimum absolute atomic E-state index is 0.334. The lowest BCUT2D eigenvalue weighted by Crippen LogP contribution is -1.98. The molecule has 0 atom stereocenters. The summed E-state index contributed by atoms with van der Waals surface area (Å²) in [7, 11) is 0. The second-order valence-corrected chi connectivity index (χ2v) is 3.99. The van der Waals surface area contributed by atoms with Gasteiger partial charge in [0.2, 0.25) is 5.95 Å². The van der Waals surface area contributed by atoms with E-state index in [9.17, 15) is 0 Å². The third-order valence-electron chi connectivity index (χ3n) is 2.62. The lowest BCUT2D eigenvalue weighted by Gasteiger charge is -1.99. The van der Waals surface area contributed by atoms with Gasteiger partial charge in [-0.15, -0.1) is 0 Å². The predicted octanol–water partition coefficient (Wildman–Crippen LogP) is 1.69. The van der Waals surface area contributed by atoms with Crippen LogP contribution in [-0.4, -0.2) is 20.2 Å². The van der Waals surface area contributed by atoms with E-state index >= 15 is 0 Å². The Kier molecular flexibility index (Phi) is 2.22. The molecule has 0 saturated heterocycles. The number of hydrogen-bond donors (Lipinski definition) is 2. The van der Waals surface area contributed by atoms with E-state index in [1.807, 2.05) is 12.1 Å². The Morgan fingerprint density at radius 2 is 2.35 bits per heavy atom. The summed E-state index contributed by atoms with van der Waals surface area (Å²) >= 11 is 0. The highest BCUT2D eigenvalue weighted by Crippen LogP contribution is 2.39. The van der Waals surface area contributed by atoms with Crippen LogP contribution in [0.4, 0.5) is 11.8 Å². The van der Waals surface area contributed by atoms with E-state index in [0.717, 1.165) is 5.69 Å². The van der Waals surface area contributed by atoms with Gasteiger partial charge in [-0.2, -0.15) is 10.4 Å². The van der Waals surface area contributed by atoms with Crippen molar-refractivity contribution in [1.82, 2.24) is 20.2 Å². The summed E-state index contributed by atoms with van der Waals surface area (Å²) in [6.07, 6.45) is 3.99. The maximum atomic E-state index is 8.72. The molecule has 84 valence electrons. The summed E-state index contributed by atoms with van der Waals surface area (Å²) in [6.45, 7) is 0. The van der Waals surface area contributed by atoms with Crippen molar-refractivity contribution in [1.29, 1.82) is 5.26 Å². The first-order valence-corrected chi connectivity index (χ1v) is 5.40. The van der Waals surface area contributed by atoms with Crippen LogP contribution in [0.2, 0.25) is 0 Å². The van der Waals surface area contributed by atoms with Crippen LogP contribution >= 0.6 is 0 Å². The highest BCUT2D eigenvalue weighted by molar-refractivity contribution is 5.49. The van der Waals surface area contributed by atoms with Gasteiger partial charge in [0, 0.05) is 23.9 Å². The van der Waals surface area contributed by atoms with Crippen molar-refractivity contribution in [3.63, 3.8) is 0 Å². The van der Waals surface area contributed by atoms with Crippen molar-refractivity contribution in [3.05, 3.63) is 29.7 Å². The second kappa shape index (κ2) is 3.87. The molecule has 0 radical (unpaired) electrons. The lowest BCUT2D eigenvalue weighted by atomic mass is 10.3. The predicted molar refractivity (Wildman–Crippen MR) is 60.6 cm³/mol. The zero-order valence-electron chi connectivity index (χ0n) is 9.01. The molecule has 1 fully saturated rings. The van der Waals surface area contributed by atoms with E-state index in [0.29, 0.717) is 23.4 Å². The van der Waals surface area contributed by atoms with Gasteiger partial charge in [-0.25, -0.2) is 9.97 Å². The molecular weight excluding hydrogens is 216 g/mol. The Labute approximate surface area is 97.7 Å². The quantitative estimate of drug-likeness (QED) is 0.831. The van der Waals surface area contributed by atoms with Crippen LogP contribution in [0.25, 0.3) is 0 Å².